The highest BCUT2D eigenvalue weighted by molar-refractivity contribution is 5.93. The van der Waals surface area contributed by atoms with Gasteiger partial charge in [-0.15, -0.1) is 0 Å². The Morgan fingerprint density at radius 1 is 1.35 bits per heavy atom. The Balaban J connectivity index is 1.51. The number of benzene rings is 1. The molecule has 1 aromatic carbocycles. The van der Waals surface area contributed by atoms with Gasteiger partial charge in [0.25, 0.3) is 5.91 Å². The van der Waals surface area contributed by atoms with Gasteiger partial charge in [0.2, 0.25) is 0 Å². The zero-order chi connectivity index (χ0) is 18.3. The van der Waals surface area contributed by atoms with Crippen molar-refractivity contribution in [1.82, 2.24) is 14.7 Å². The molecular weight excluding hydrogens is 335 g/mol. The standard InChI is InChI=1S/C19H23FN4O2/c1-22-12-14(11-21-22)18(25)23-8-6-19(7-9-23)17(26-2)13-24(19)16-5-3-4-15(20)10-16/h3-5,10-12,17H,6-9,13H2,1-2H3. The molecule has 1 spiro atoms. The molecule has 6 nitrogen and oxygen atoms in total. The smallest absolute Gasteiger partial charge is 0.257 e. The van der Waals surface area contributed by atoms with Crippen molar-refractivity contribution in [2.75, 3.05) is 31.6 Å². The van der Waals surface area contributed by atoms with Crippen LogP contribution in [0.4, 0.5) is 10.1 Å². The maximum Gasteiger partial charge on any atom is 0.257 e. The van der Waals surface area contributed by atoms with Crippen LogP contribution in [0.15, 0.2) is 36.7 Å². The lowest BCUT2D eigenvalue weighted by Crippen LogP contribution is -2.74. The fourth-order valence-corrected chi connectivity index (χ4v) is 4.28. The van der Waals surface area contributed by atoms with Crippen molar-refractivity contribution in [1.29, 1.82) is 0 Å². The van der Waals surface area contributed by atoms with E-state index in [-0.39, 0.29) is 23.4 Å². The van der Waals surface area contributed by atoms with Crippen molar-refractivity contribution in [3.8, 4) is 0 Å². The topological polar surface area (TPSA) is 50.6 Å². The molecule has 2 fully saturated rings. The van der Waals surface area contributed by atoms with Crippen LogP contribution in [0.3, 0.4) is 0 Å². The maximum absolute atomic E-state index is 13.7. The first kappa shape index (κ1) is 17.0. The lowest BCUT2D eigenvalue weighted by Gasteiger charge is -2.61. The maximum atomic E-state index is 13.7. The highest BCUT2D eigenvalue weighted by Crippen LogP contribution is 2.44. The Morgan fingerprint density at radius 2 is 2.12 bits per heavy atom. The minimum absolute atomic E-state index is 0.0125. The first-order chi connectivity index (χ1) is 12.5. The van der Waals surface area contributed by atoms with Crippen LogP contribution in [0, 0.1) is 5.82 Å². The van der Waals surface area contributed by atoms with Gasteiger partial charge in [-0.3, -0.25) is 9.48 Å². The predicted molar refractivity (Wildman–Crippen MR) is 95.6 cm³/mol. The molecule has 138 valence electrons. The van der Waals surface area contributed by atoms with Crippen LogP contribution >= 0.6 is 0 Å². The number of piperidine rings is 1. The number of likely N-dealkylation sites (tertiary alicyclic amines) is 1. The molecule has 0 saturated carbocycles. The molecule has 26 heavy (non-hydrogen) atoms. The molecule has 2 aromatic rings. The number of carbonyl (C=O) groups excluding carboxylic acids is 1. The van der Waals surface area contributed by atoms with Gasteiger partial charge in [0, 0.05) is 45.7 Å². The molecule has 2 aliphatic heterocycles. The zero-order valence-corrected chi connectivity index (χ0v) is 15.1. The summed E-state index contributed by atoms with van der Waals surface area (Å²) >= 11 is 0. The molecule has 0 radical (unpaired) electrons. The highest BCUT2D eigenvalue weighted by Gasteiger charge is 2.55. The summed E-state index contributed by atoms with van der Waals surface area (Å²) < 4.78 is 21.0. The fraction of sp³-hybridized carbons (Fsp3) is 0.474. The molecule has 2 saturated heterocycles. The summed E-state index contributed by atoms with van der Waals surface area (Å²) in [7, 11) is 3.53. The second kappa shape index (κ2) is 6.39. The van der Waals surface area contributed by atoms with Crippen LogP contribution in [0.2, 0.25) is 0 Å². The zero-order valence-electron chi connectivity index (χ0n) is 15.1. The van der Waals surface area contributed by atoms with E-state index in [1.54, 1.807) is 43.4 Å². The average molecular weight is 358 g/mol. The SMILES string of the molecule is COC1CN(c2cccc(F)c2)C12CCN(C(=O)c1cnn(C)c1)CC2. The number of aryl methyl sites for hydroxylation is 1. The Morgan fingerprint density at radius 3 is 2.73 bits per heavy atom. The molecule has 1 atom stereocenters. The highest BCUT2D eigenvalue weighted by atomic mass is 19.1. The number of nitrogens with zero attached hydrogens (tertiary/aromatic N) is 4. The minimum Gasteiger partial charge on any atom is -0.377 e. The van der Waals surface area contributed by atoms with Crippen LogP contribution in [0.5, 0.6) is 0 Å². The van der Waals surface area contributed by atoms with Gasteiger partial charge < -0.3 is 14.5 Å². The minimum atomic E-state index is -0.234. The largest absolute Gasteiger partial charge is 0.377 e. The molecule has 0 aliphatic carbocycles. The summed E-state index contributed by atoms with van der Waals surface area (Å²) in [5, 5.41) is 4.08. The Hall–Kier alpha value is -2.41. The first-order valence-corrected chi connectivity index (χ1v) is 8.87. The van der Waals surface area contributed by atoms with Crippen LogP contribution in [-0.2, 0) is 11.8 Å². The van der Waals surface area contributed by atoms with Crippen molar-refractivity contribution in [3.05, 3.63) is 48.0 Å². The van der Waals surface area contributed by atoms with Crippen molar-refractivity contribution in [3.63, 3.8) is 0 Å². The number of ether oxygens (including phenoxy) is 1. The van der Waals surface area contributed by atoms with Crippen LogP contribution in [0.25, 0.3) is 0 Å². The van der Waals surface area contributed by atoms with E-state index < -0.39 is 0 Å². The molecule has 1 unspecified atom stereocenters. The molecule has 0 bridgehead atoms. The number of amides is 1. The van der Waals surface area contributed by atoms with E-state index in [2.05, 4.69) is 10.00 Å². The molecule has 4 rings (SSSR count). The third-order valence-electron chi connectivity index (χ3n) is 5.76. The Kier molecular flexibility index (Phi) is 4.19. The normalized spacial score (nSPS) is 21.7. The van der Waals surface area contributed by atoms with Gasteiger partial charge in [-0.2, -0.15) is 5.10 Å². The molecular formula is C19H23FN4O2. The monoisotopic (exact) mass is 358 g/mol. The van der Waals surface area contributed by atoms with Crippen LogP contribution < -0.4 is 4.90 Å². The van der Waals surface area contributed by atoms with E-state index in [0.717, 1.165) is 25.1 Å². The summed E-state index contributed by atoms with van der Waals surface area (Å²) in [6.07, 6.45) is 5.05. The number of aromatic nitrogens is 2. The average Bonchev–Trinajstić information content (AvgIpc) is 3.07. The van der Waals surface area contributed by atoms with Gasteiger partial charge in [-0.25, -0.2) is 4.39 Å². The lowest BCUT2D eigenvalue weighted by molar-refractivity contribution is -0.0433. The number of anilines is 1. The number of hydrogen-bond donors (Lipinski definition) is 0. The van der Waals surface area contributed by atoms with Gasteiger partial charge >= 0.3 is 0 Å². The van der Waals surface area contributed by atoms with Crippen molar-refractivity contribution in [2.45, 2.75) is 24.5 Å². The van der Waals surface area contributed by atoms with Gasteiger partial charge in [-0.05, 0) is 31.0 Å². The second-order valence-electron chi connectivity index (χ2n) is 7.11. The summed E-state index contributed by atoms with van der Waals surface area (Å²) in [5.74, 6) is -0.221. The van der Waals surface area contributed by atoms with Crippen LogP contribution in [-0.4, -0.2) is 59.0 Å². The predicted octanol–water partition coefficient (Wildman–Crippen LogP) is 2.07. The number of rotatable bonds is 3. The van der Waals surface area contributed by atoms with Crippen molar-refractivity contribution >= 4 is 11.6 Å². The van der Waals surface area contributed by atoms with Crippen LogP contribution in [0.1, 0.15) is 23.2 Å². The summed E-state index contributed by atoms with van der Waals surface area (Å²) in [6, 6.07) is 6.70. The number of halogens is 1. The third kappa shape index (κ3) is 2.67. The number of methoxy groups -OCH3 is 1. The molecule has 7 heteroatoms. The second-order valence-corrected chi connectivity index (χ2v) is 7.11. The van der Waals surface area contributed by atoms with Crippen molar-refractivity contribution in [2.24, 2.45) is 7.05 Å². The third-order valence-corrected chi connectivity index (χ3v) is 5.76. The Bertz CT molecular complexity index is 813. The first-order valence-electron chi connectivity index (χ1n) is 8.87. The molecule has 1 aromatic heterocycles. The van der Waals surface area contributed by atoms with E-state index in [1.807, 2.05) is 11.0 Å². The van der Waals surface area contributed by atoms with Crippen molar-refractivity contribution < 1.29 is 13.9 Å². The van der Waals surface area contributed by atoms with E-state index in [1.165, 1.54) is 6.07 Å². The van der Waals surface area contributed by atoms with E-state index in [4.69, 9.17) is 4.74 Å². The summed E-state index contributed by atoms with van der Waals surface area (Å²) in [4.78, 5) is 16.8. The number of hydrogen-bond acceptors (Lipinski definition) is 4. The fourth-order valence-electron chi connectivity index (χ4n) is 4.28. The molecule has 0 N–H and O–H groups in total. The van der Waals surface area contributed by atoms with E-state index >= 15 is 0 Å². The van der Waals surface area contributed by atoms with Gasteiger partial charge in [-0.1, -0.05) is 6.07 Å². The molecule has 1 amide bonds. The van der Waals surface area contributed by atoms with E-state index in [9.17, 15) is 9.18 Å². The van der Waals surface area contributed by atoms with Gasteiger partial charge in [0.15, 0.2) is 0 Å². The summed E-state index contributed by atoms with van der Waals surface area (Å²) in [6.45, 7) is 2.05. The quantitative estimate of drug-likeness (QED) is 0.843. The van der Waals surface area contributed by atoms with Gasteiger partial charge in [0.05, 0.1) is 23.4 Å². The lowest BCUT2D eigenvalue weighted by atomic mass is 9.73. The van der Waals surface area contributed by atoms with E-state index in [0.29, 0.717) is 18.7 Å². The Labute approximate surface area is 152 Å². The number of carbonyl (C=O) groups is 1. The summed E-state index contributed by atoms with van der Waals surface area (Å²) in [5.41, 5.74) is 1.32. The molecule has 2 aliphatic rings. The molecule has 3 heterocycles. The van der Waals surface area contributed by atoms with Gasteiger partial charge in [0.1, 0.15) is 5.82 Å².